The molecule has 1 aromatic rings. The van der Waals surface area contributed by atoms with Crippen LogP contribution in [0.2, 0.25) is 0 Å². The largest absolute Gasteiger partial charge is 0.495 e. The molecule has 134 valence electrons. The predicted molar refractivity (Wildman–Crippen MR) is 92.1 cm³/mol. The fraction of sp³-hybridized carbons (Fsp3) is 0.500. The molecule has 1 saturated carbocycles. The van der Waals surface area contributed by atoms with Gasteiger partial charge in [-0.05, 0) is 25.0 Å². The van der Waals surface area contributed by atoms with E-state index < -0.39 is 5.41 Å². The van der Waals surface area contributed by atoms with Gasteiger partial charge in [-0.25, -0.2) is 0 Å². The van der Waals surface area contributed by atoms with Gasteiger partial charge in [-0.15, -0.1) is 0 Å². The maximum atomic E-state index is 12.9. The Balaban J connectivity index is 1.66. The first-order chi connectivity index (χ1) is 12.0. The number of nitrogens with zero attached hydrogens (tertiary/aromatic N) is 2. The van der Waals surface area contributed by atoms with Crippen molar-refractivity contribution in [3.63, 3.8) is 0 Å². The molecule has 3 rings (SSSR count). The van der Waals surface area contributed by atoms with Crippen molar-refractivity contribution < 1.29 is 19.1 Å². The number of piperazine rings is 1. The Hall–Kier alpha value is -2.57. The summed E-state index contributed by atoms with van der Waals surface area (Å²) in [5, 5.41) is 2.84. The number of rotatable bonds is 4. The second-order valence-corrected chi connectivity index (χ2v) is 6.53. The molecule has 2 fully saturated rings. The van der Waals surface area contributed by atoms with Crippen LogP contribution in [0.4, 0.5) is 5.69 Å². The summed E-state index contributed by atoms with van der Waals surface area (Å²) in [5.74, 6) is 0.162. The molecule has 0 atom stereocenters. The van der Waals surface area contributed by atoms with E-state index in [1.807, 2.05) is 6.07 Å². The van der Waals surface area contributed by atoms with Crippen molar-refractivity contribution >= 4 is 23.4 Å². The third kappa shape index (κ3) is 3.31. The van der Waals surface area contributed by atoms with Gasteiger partial charge in [0.25, 0.3) is 0 Å². The van der Waals surface area contributed by atoms with Gasteiger partial charge in [-0.1, -0.05) is 12.1 Å². The molecule has 3 amide bonds. The van der Waals surface area contributed by atoms with Crippen molar-refractivity contribution in [2.24, 2.45) is 5.41 Å². The van der Waals surface area contributed by atoms with Crippen LogP contribution in [0, 0.1) is 5.41 Å². The standard InChI is InChI=1S/C18H23N3O4/c1-13(22)20-9-11-21(12-10-20)17(24)18(7-8-18)16(23)19-14-5-3-4-6-15(14)25-2/h3-6H,7-12H2,1-2H3,(H,19,23). The number of hydrogen-bond acceptors (Lipinski definition) is 4. The molecule has 1 heterocycles. The summed E-state index contributed by atoms with van der Waals surface area (Å²) >= 11 is 0. The molecule has 0 radical (unpaired) electrons. The highest BCUT2D eigenvalue weighted by atomic mass is 16.5. The number of benzene rings is 1. The van der Waals surface area contributed by atoms with Gasteiger partial charge in [-0.3, -0.25) is 14.4 Å². The first-order valence-corrected chi connectivity index (χ1v) is 8.47. The van der Waals surface area contributed by atoms with Gasteiger partial charge in [0.1, 0.15) is 11.2 Å². The lowest BCUT2D eigenvalue weighted by atomic mass is 10.0. The molecule has 0 aromatic heterocycles. The molecular formula is C18H23N3O4. The Morgan fingerprint density at radius 2 is 1.64 bits per heavy atom. The molecule has 0 unspecified atom stereocenters. The van der Waals surface area contributed by atoms with Gasteiger partial charge in [-0.2, -0.15) is 0 Å². The summed E-state index contributed by atoms with van der Waals surface area (Å²) < 4.78 is 5.24. The highest BCUT2D eigenvalue weighted by molar-refractivity contribution is 6.13. The molecule has 7 heteroatoms. The molecule has 2 aliphatic rings. The Kier molecular flexibility index (Phi) is 4.65. The van der Waals surface area contributed by atoms with Crippen LogP contribution in [-0.2, 0) is 14.4 Å². The summed E-state index contributed by atoms with van der Waals surface area (Å²) in [6.45, 7) is 3.52. The first kappa shape index (κ1) is 17.3. The Labute approximate surface area is 146 Å². The zero-order valence-electron chi connectivity index (χ0n) is 14.6. The van der Waals surface area contributed by atoms with Gasteiger partial charge in [0, 0.05) is 33.1 Å². The number of hydrogen-bond donors (Lipinski definition) is 1. The highest BCUT2D eigenvalue weighted by Crippen LogP contribution is 2.48. The molecule has 1 N–H and O–H groups in total. The van der Waals surface area contributed by atoms with Crippen LogP contribution >= 0.6 is 0 Å². The quantitative estimate of drug-likeness (QED) is 0.829. The lowest BCUT2D eigenvalue weighted by Crippen LogP contribution is -2.53. The molecule has 1 aliphatic heterocycles. The van der Waals surface area contributed by atoms with E-state index in [9.17, 15) is 14.4 Å². The van der Waals surface area contributed by atoms with E-state index >= 15 is 0 Å². The molecule has 1 saturated heterocycles. The SMILES string of the molecule is COc1ccccc1NC(=O)C1(C(=O)N2CCN(C(C)=O)CC2)CC1. The van der Waals surface area contributed by atoms with Gasteiger partial charge in [0.2, 0.25) is 17.7 Å². The Morgan fingerprint density at radius 3 is 2.20 bits per heavy atom. The Bertz CT molecular complexity index is 691. The maximum Gasteiger partial charge on any atom is 0.240 e. The van der Waals surface area contributed by atoms with E-state index in [0.717, 1.165) is 0 Å². The lowest BCUT2D eigenvalue weighted by Gasteiger charge is -2.35. The van der Waals surface area contributed by atoms with E-state index in [-0.39, 0.29) is 17.7 Å². The predicted octanol–water partition coefficient (Wildman–Crippen LogP) is 1.10. The summed E-state index contributed by atoms with van der Waals surface area (Å²) in [7, 11) is 1.54. The fourth-order valence-corrected chi connectivity index (χ4v) is 3.18. The number of amides is 3. The van der Waals surface area contributed by atoms with Crippen molar-refractivity contribution in [2.45, 2.75) is 19.8 Å². The van der Waals surface area contributed by atoms with Crippen LogP contribution in [0.1, 0.15) is 19.8 Å². The van der Waals surface area contributed by atoms with Crippen LogP contribution in [-0.4, -0.2) is 60.8 Å². The molecule has 0 spiro atoms. The average molecular weight is 345 g/mol. The summed E-state index contributed by atoms with van der Waals surface area (Å²) in [6, 6.07) is 7.14. The third-order valence-corrected chi connectivity index (χ3v) is 4.96. The van der Waals surface area contributed by atoms with E-state index in [1.165, 1.54) is 14.0 Å². The number of anilines is 1. The molecule has 25 heavy (non-hydrogen) atoms. The van der Waals surface area contributed by atoms with E-state index in [2.05, 4.69) is 5.32 Å². The fourth-order valence-electron chi connectivity index (χ4n) is 3.18. The van der Waals surface area contributed by atoms with Crippen molar-refractivity contribution in [2.75, 3.05) is 38.6 Å². The third-order valence-electron chi connectivity index (χ3n) is 4.96. The van der Waals surface area contributed by atoms with Crippen LogP contribution in [0.25, 0.3) is 0 Å². The zero-order chi connectivity index (χ0) is 18.0. The second kappa shape index (κ2) is 6.74. The first-order valence-electron chi connectivity index (χ1n) is 8.47. The van der Waals surface area contributed by atoms with Gasteiger partial charge in [0.15, 0.2) is 0 Å². The van der Waals surface area contributed by atoms with E-state index in [4.69, 9.17) is 4.74 Å². The van der Waals surface area contributed by atoms with Crippen molar-refractivity contribution in [1.82, 2.24) is 9.80 Å². The molecular weight excluding hydrogens is 322 g/mol. The molecule has 1 aliphatic carbocycles. The smallest absolute Gasteiger partial charge is 0.240 e. The number of carbonyl (C=O) groups excluding carboxylic acids is 3. The van der Waals surface area contributed by atoms with Crippen LogP contribution in [0.3, 0.4) is 0 Å². The van der Waals surface area contributed by atoms with E-state index in [0.29, 0.717) is 50.5 Å². The monoisotopic (exact) mass is 345 g/mol. The lowest BCUT2D eigenvalue weighted by molar-refractivity contribution is -0.146. The summed E-state index contributed by atoms with van der Waals surface area (Å²) in [4.78, 5) is 40.4. The number of nitrogens with one attached hydrogen (secondary N) is 1. The van der Waals surface area contributed by atoms with Gasteiger partial charge < -0.3 is 19.9 Å². The molecule has 0 bridgehead atoms. The minimum absolute atomic E-state index is 0.0159. The number of methoxy groups -OCH3 is 1. The van der Waals surface area contributed by atoms with Crippen molar-refractivity contribution in [3.8, 4) is 5.75 Å². The molecule has 7 nitrogen and oxygen atoms in total. The van der Waals surface area contributed by atoms with Gasteiger partial charge in [0.05, 0.1) is 12.8 Å². The minimum atomic E-state index is -0.973. The van der Waals surface area contributed by atoms with Crippen LogP contribution < -0.4 is 10.1 Å². The summed E-state index contributed by atoms with van der Waals surface area (Å²) in [6.07, 6.45) is 1.11. The maximum absolute atomic E-state index is 12.9. The highest BCUT2D eigenvalue weighted by Gasteiger charge is 2.58. The van der Waals surface area contributed by atoms with Crippen molar-refractivity contribution in [3.05, 3.63) is 24.3 Å². The normalized spacial score (nSPS) is 18.5. The number of ether oxygens (including phenoxy) is 1. The van der Waals surface area contributed by atoms with E-state index in [1.54, 1.807) is 28.0 Å². The second-order valence-electron chi connectivity index (χ2n) is 6.53. The zero-order valence-corrected chi connectivity index (χ0v) is 14.6. The van der Waals surface area contributed by atoms with Crippen LogP contribution in [0.15, 0.2) is 24.3 Å². The minimum Gasteiger partial charge on any atom is -0.495 e. The van der Waals surface area contributed by atoms with Crippen LogP contribution in [0.5, 0.6) is 5.75 Å². The number of carbonyl (C=O) groups is 3. The number of para-hydroxylation sites is 2. The average Bonchev–Trinajstić information content (AvgIpc) is 3.43. The summed E-state index contributed by atoms with van der Waals surface area (Å²) in [5.41, 5.74) is -0.408. The van der Waals surface area contributed by atoms with Crippen molar-refractivity contribution in [1.29, 1.82) is 0 Å². The topological polar surface area (TPSA) is 79.0 Å². The molecule has 1 aromatic carbocycles. The Morgan fingerprint density at radius 1 is 1.04 bits per heavy atom. The van der Waals surface area contributed by atoms with Gasteiger partial charge >= 0.3 is 0 Å².